The molecule has 0 spiro atoms. The average Bonchev–Trinajstić information content (AvgIpc) is 2.67. The molecule has 0 fully saturated rings. The van der Waals surface area contributed by atoms with Crippen LogP contribution in [-0.2, 0) is 21.9 Å². The predicted octanol–water partition coefficient (Wildman–Crippen LogP) is 6.88. The molecule has 0 radical (unpaired) electrons. The molecule has 1 aromatic carbocycles. The van der Waals surface area contributed by atoms with Gasteiger partial charge in [0.1, 0.15) is 0 Å². The lowest BCUT2D eigenvalue weighted by Gasteiger charge is -2.42. The molecule has 0 bridgehead atoms. The van der Waals surface area contributed by atoms with Gasteiger partial charge in [-0.25, -0.2) is 0 Å². The van der Waals surface area contributed by atoms with Crippen molar-refractivity contribution in [3.05, 3.63) is 35.9 Å². The third-order valence-corrected chi connectivity index (χ3v) is 18.6. The number of hydrogen-bond acceptors (Lipinski definition) is 6. The minimum atomic E-state index is -2.89. The zero-order valence-electron chi connectivity index (χ0n) is 23.8. The van der Waals surface area contributed by atoms with Gasteiger partial charge in [0.05, 0.1) is 12.5 Å². The normalized spacial score (nSPS) is 16.4. The molecule has 3 atom stereocenters. The Morgan fingerprint density at radius 2 is 1.51 bits per heavy atom. The number of carbonyl (C=O) groups excluding carboxylic acids is 1. The lowest BCUT2D eigenvalue weighted by Crippen LogP contribution is -2.58. The highest BCUT2D eigenvalue weighted by molar-refractivity contribution is 6.88. The lowest BCUT2D eigenvalue weighted by atomic mass is 9.88. The van der Waals surface area contributed by atoms with E-state index in [9.17, 15) is 9.59 Å². The highest BCUT2D eigenvalue weighted by Crippen LogP contribution is 2.37. The topological polar surface area (TPSA) is 74.2 Å². The Balaban J connectivity index is 3.28. The van der Waals surface area contributed by atoms with Gasteiger partial charge in [-0.2, -0.15) is 0 Å². The summed E-state index contributed by atoms with van der Waals surface area (Å²) in [6, 6.07) is 10.9. The number of benzene rings is 1. The van der Waals surface area contributed by atoms with Crippen molar-refractivity contribution in [2.75, 3.05) is 6.61 Å². The van der Waals surface area contributed by atoms with E-state index >= 15 is 0 Å². The van der Waals surface area contributed by atoms with Gasteiger partial charge in [-0.1, -0.05) is 50.6 Å². The van der Waals surface area contributed by atoms with Gasteiger partial charge in [-0.05, 0) is 89.2 Å². The van der Waals surface area contributed by atoms with Crippen molar-refractivity contribution in [3.63, 3.8) is 0 Å². The van der Waals surface area contributed by atoms with Gasteiger partial charge in [0.2, 0.25) is 0 Å². The first-order valence-electron chi connectivity index (χ1n) is 13.0. The largest absolute Gasteiger partial charge is 0.465 e. The molecule has 0 saturated heterocycles. The third-order valence-electron chi connectivity index (χ3n) is 5.50. The molecule has 35 heavy (non-hydrogen) atoms. The molecule has 1 aromatic rings. The first-order chi connectivity index (χ1) is 16.0. The third kappa shape index (κ3) is 13.5. The number of ether oxygens (including phenoxy) is 1. The highest BCUT2D eigenvalue weighted by atomic mass is 28.5. The van der Waals surface area contributed by atoms with Crippen LogP contribution in [0, 0.1) is 5.92 Å². The van der Waals surface area contributed by atoms with Crippen LogP contribution in [0.15, 0.2) is 30.3 Å². The molecule has 6 nitrogen and oxygen atoms in total. The van der Waals surface area contributed by atoms with E-state index in [2.05, 4.69) is 58.3 Å². The van der Waals surface area contributed by atoms with E-state index in [0.717, 1.165) is 18.4 Å². The molecule has 0 heterocycles. The summed E-state index contributed by atoms with van der Waals surface area (Å²) < 4.78 is 25.3. The fourth-order valence-electron chi connectivity index (χ4n) is 4.63. The number of hydrogen-bond donors (Lipinski definition) is 1. The Bertz CT molecular complexity index is 763. The Morgan fingerprint density at radius 3 is 2.00 bits per heavy atom. The van der Waals surface area contributed by atoms with Gasteiger partial charge >= 0.3 is 31.7 Å². The molecule has 0 aliphatic carbocycles. The molecule has 0 aliphatic rings. The van der Waals surface area contributed by atoms with Gasteiger partial charge in [0.15, 0.2) is 8.32 Å². The molecule has 0 aromatic heterocycles. The van der Waals surface area contributed by atoms with Crippen LogP contribution in [0.3, 0.4) is 0 Å². The fraction of sp³-hybridized carbons (Fsp3) is 0.720. The summed E-state index contributed by atoms with van der Waals surface area (Å²) in [5.74, 6) is -0.275. The zero-order valence-corrected chi connectivity index (χ0v) is 27.8. The molecule has 0 aliphatic heterocycles. The minimum absolute atomic E-state index is 0.0459. The van der Waals surface area contributed by atoms with Crippen LogP contribution < -0.4 is 0 Å². The second-order valence-electron chi connectivity index (χ2n) is 11.6. The first kappa shape index (κ1) is 32.4. The molecule has 10 heteroatoms. The van der Waals surface area contributed by atoms with E-state index in [0.29, 0.717) is 25.5 Å². The molecule has 1 rings (SSSR count). The predicted molar refractivity (Wildman–Crippen MR) is 154 cm³/mol. The van der Waals surface area contributed by atoms with Crippen LogP contribution in [-0.4, -0.2) is 51.4 Å². The van der Waals surface area contributed by atoms with Crippen LogP contribution in [0.1, 0.15) is 51.0 Å². The van der Waals surface area contributed by atoms with Crippen LogP contribution >= 0.6 is 0 Å². The van der Waals surface area contributed by atoms with Crippen molar-refractivity contribution in [2.45, 2.75) is 104 Å². The maximum Gasteiger partial charge on any atom is 0.320 e. The van der Waals surface area contributed by atoms with Gasteiger partial charge in [-0.15, -0.1) is 0 Å². The molecule has 1 N–H and O–H groups in total. The van der Waals surface area contributed by atoms with Gasteiger partial charge in [0.25, 0.3) is 0 Å². The van der Waals surface area contributed by atoms with E-state index in [4.69, 9.17) is 17.1 Å². The lowest BCUT2D eigenvalue weighted by molar-refractivity contribution is -0.149. The van der Waals surface area contributed by atoms with Gasteiger partial charge in [-0.3, -0.25) is 4.79 Å². The standard InChI is InChI=1S/C25H50O6Si4/c1-11-13-19-28-25(26)22(12-2)20-24(23-17-15-14-16-18-23)21-35(10,30-33(6,7)27)31-34(8,9)29-32(3,4)5/h14-18,22,24,27H,11-13,19-21H2,1-10H3. The van der Waals surface area contributed by atoms with Gasteiger partial charge < -0.3 is 21.9 Å². The molecule has 202 valence electrons. The average molecular weight is 559 g/mol. The monoisotopic (exact) mass is 558 g/mol. The van der Waals surface area contributed by atoms with Crippen LogP contribution in [0.5, 0.6) is 0 Å². The SMILES string of the molecule is CCCCOC(=O)C(CC)CC(C[Si](C)(O[Si](C)(C)O)O[Si](C)(C)O[Si](C)(C)C)c1ccccc1. The summed E-state index contributed by atoms with van der Waals surface area (Å²) in [6.45, 7) is 20.9. The fourth-order valence-corrected chi connectivity index (χ4v) is 22.0. The maximum atomic E-state index is 12.9. The Morgan fingerprint density at radius 1 is 0.914 bits per heavy atom. The number of esters is 1. The van der Waals surface area contributed by atoms with Crippen molar-refractivity contribution < 1.29 is 26.7 Å². The van der Waals surface area contributed by atoms with Crippen molar-refractivity contribution in [2.24, 2.45) is 5.92 Å². The van der Waals surface area contributed by atoms with Crippen LogP contribution in [0.2, 0.25) is 58.4 Å². The summed E-state index contributed by atoms with van der Waals surface area (Å²) in [4.78, 5) is 23.7. The molecule has 0 amide bonds. The Kier molecular flexibility index (Phi) is 12.8. The second-order valence-corrected chi connectivity index (χ2v) is 26.6. The van der Waals surface area contributed by atoms with Crippen molar-refractivity contribution in [1.29, 1.82) is 0 Å². The Hall–Kier alpha value is -0.602. The van der Waals surface area contributed by atoms with E-state index in [1.807, 2.05) is 25.1 Å². The highest BCUT2D eigenvalue weighted by Gasteiger charge is 2.47. The summed E-state index contributed by atoms with van der Waals surface area (Å²) in [5.41, 5.74) is 1.15. The molecular formula is C25H50O6Si4. The van der Waals surface area contributed by atoms with Crippen LogP contribution in [0.25, 0.3) is 0 Å². The maximum absolute atomic E-state index is 12.9. The first-order valence-corrected chi connectivity index (χ1v) is 24.6. The van der Waals surface area contributed by atoms with Crippen LogP contribution in [0.4, 0.5) is 0 Å². The summed E-state index contributed by atoms with van der Waals surface area (Å²) >= 11 is 0. The van der Waals surface area contributed by atoms with E-state index in [-0.39, 0.29) is 17.8 Å². The van der Waals surface area contributed by atoms with Crippen molar-refractivity contribution in [3.8, 4) is 0 Å². The van der Waals surface area contributed by atoms with E-state index in [1.165, 1.54) is 0 Å². The summed E-state index contributed by atoms with van der Waals surface area (Å²) in [7, 11) is -10.1. The number of unbranched alkanes of at least 4 members (excludes halogenated alkanes) is 1. The van der Waals surface area contributed by atoms with Crippen molar-refractivity contribution >= 4 is 40.0 Å². The molecule has 3 unspecified atom stereocenters. The molecular weight excluding hydrogens is 509 g/mol. The quantitative estimate of drug-likeness (QED) is 0.135. The van der Waals surface area contributed by atoms with Gasteiger partial charge in [0, 0.05) is 0 Å². The summed E-state index contributed by atoms with van der Waals surface area (Å²) in [6.07, 6.45) is 3.25. The smallest absolute Gasteiger partial charge is 0.320 e. The molecule has 0 saturated carbocycles. The van der Waals surface area contributed by atoms with Crippen molar-refractivity contribution in [1.82, 2.24) is 0 Å². The second kappa shape index (κ2) is 13.8. The minimum Gasteiger partial charge on any atom is -0.465 e. The zero-order chi connectivity index (χ0) is 26.9. The van der Waals surface area contributed by atoms with E-state index in [1.54, 1.807) is 13.1 Å². The number of carbonyl (C=O) groups is 1. The summed E-state index contributed by atoms with van der Waals surface area (Å²) in [5, 5.41) is 0. The van der Waals surface area contributed by atoms with E-state index < -0.39 is 34.0 Å². The Labute approximate surface area is 218 Å². The number of rotatable bonds is 16.